The minimum Gasteiger partial charge on any atom is -0.481 e. The van der Waals surface area contributed by atoms with Crippen LogP contribution in [0.15, 0.2) is 0 Å². The molecule has 5 nitrogen and oxygen atoms in total. The first-order valence-electron chi connectivity index (χ1n) is 6.74. The van der Waals surface area contributed by atoms with Crippen molar-refractivity contribution in [3.63, 3.8) is 0 Å². The molecule has 2 N–H and O–H groups in total. The lowest BCUT2D eigenvalue weighted by atomic mass is 9.96. The molecule has 18 heavy (non-hydrogen) atoms. The van der Waals surface area contributed by atoms with Gasteiger partial charge >= 0.3 is 12.0 Å². The van der Waals surface area contributed by atoms with Gasteiger partial charge in [-0.15, -0.1) is 0 Å². The second kappa shape index (κ2) is 6.61. The maximum Gasteiger partial charge on any atom is 0.317 e. The van der Waals surface area contributed by atoms with Crippen molar-refractivity contribution in [2.75, 3.05) is 13.1 Å². The standard InChI is InChI=1S/C13H24N2O3/c1-4-15(9(2)3)13(18)14-8-10-6-5-7-11(10)12(16)17/h9-11H,4-8H2,1-3H3,(H,14,18)(H,16,17). The molecule has 2 atom stereocenters. The van der Waals surface area contributed by atoms with Crippen LogP contribution in [0.2, 0.25) is 0 Å². The molecule has 0 spiro atoms. The Labute approximate surface area is 109 Å². The summed E-state index contributed by atoms with van der Waals surface area (Å²) in [6, 6.07) is 0.0670. The number of nitrogens with zero attached hydrogens (tertiary/aromatic N) is 1. The number of carboxylic acid groups (broad SMARTS) is 1. The molecule has 0 aromatic heterocycles. The van der Waals surface area contributed by atoms with Crippen LogP contribution in [0.5, 0.6) is 0 Å². The summed E-state index contributed by atoms with van der Waals surface area (Å²) >= 11 is 0. The monoisotopic (exact) mass is 256 g/mol. The second-order valence-electron chi connectivity index (χ2n) is 5.20. The number of carboxylic acids is 1. The first kappa shape index (κ1) is 14.8. The van der Waals surface area contributed by atoms with Gasteiger partial charge in [0.1, 0.15) is 0 Å². The van der Waals surface area contributed by atoms with E-state index in [1.807, 2.05) is 20.8 Å². The summed E-state index contributed by atoms with van der Waals surface area (Å²) in [5.74, 6) is -0.945. The molecule has 104 valence electrons. The Bertz CT molecular complexity index is 305. The van der Waals surface area contributed by atoms with Crippen LogP contribution in [0.25, 0.3) is 0 Å². The van der Waals surface area contributed by atoms with E-state index < -0.39 is 5.97 Å². The average molecular weight is 256 g/mol. The highest BCUT2D eigenvalue weighted by molar-refractivity contribution is 5.75. The number of nitrogens with one attached hydrogen (secondary N) is 1. The number of urea groups is 1. The van der Waals surface area contributed by atoms with E-state index in [0.717, 1.165) is 19.3 Å². The zero-order valence-corrected chi connectivity index (χ0v) is 11.5. The topological polar surface area (TPSA) is 69.6 Å². The predicted molar refractivity (Wildman–Crippen MR) is 69.4 cm³/mol. The zero-order valence-electron chi connectivity index (χ0n) is 11.5. The summed E-state index contributed by atoms with van der Waals surface area (Å²) in [4.78, 5) is 24.7. The van der Waals surface area contributed by atoms with E-state index in [4.69, 9.17) is 5.11 Å². The molecule has 0 bridgehead atoms. The summed E-state index contributed by atoms with van der Waals surface area (Å²) in [7, 11) is 0. The minimum absolute atomic E-state index is 0.0809. The van der Waals surface area contributed by atoms with Crippen molar-refractivity contribution in [2.24, 2.45) is 11.8 Å². The summed E-state index contributed by atoms with van der Waals surface area (Å²) < 4.78 is 0. The van der Waals surface area contributed by atoms with Crippen LogP contribution < -0.4 is 5.32 Å². The van der Waals surface area contributed by atoms with Crippen LogP contribution in [-0.4, -0.2) is 41.1 Å². The molecule has 0 saturated heterocycles. The van der Waals surface area contributed by atoms with Crippen molar-refractivity contribution in [3.8, 4) is 0 Å². The highest BCUT2D eigenvalue weighted by atomic mass is 16.4. The summed E-state index contributed by atoms with van der Waals surface area (Å²) in [5.41, 5.74) is 0. The first-order valence-corrected chi connectivity index (χ1v) is 6.74. The smallest absolute Gasteiger partial charge is 0.317 e. The molecule has 1 saturated carbocycles. The fourth-order valence-electron chi connectivity index (χ4n) is 2.67. The van der Waals surface area contributed by atoms with Crippen LogP contribution in [0.4, 0.5) is 4.79 Å². The van der Waals surface area contributed by atoms with Gasteiger partial charge in [-0.1, -0.05) is 6.42 Å². The van der Waals surface area contributed by atoms with E-state index in [0.29, 0.717) is 13.1 Å². The largest absolute Gasteiger partial charge is 0.481 e. The molecular weight excluding hydrogens is 232 g/mol. The summed E-state index contributed by atoms with van der Waals surface area (Å²) in [5, 5.41) is 11.9. The van der Waals surface area contributed by atoms with E-state index in [2.05, 4.69) is 5.32 Å². The van der Waals surface area contributed by atoms with Crippen LogP contribution >= 0.6 is 0 Å². The van der Waals surface area contributed by atoms with Gasteiger partial charge in [-0.05, 0) is 39.5 Å². The lowest BCUT2D eigenvalue weighted by molar-refractivity contribution is -0.142. The number of hydrogen-bond donors (Lipinski definition) is 2. The molecule has 0 aromatic carbocycles. The zero-order chi connectivity index (χ0) is 13.7. The van der Waals surface area contributed by atoms with Crippen molar-refractivity contribution in [3.05, 3.63) is 0 Å². The molecule has 0 aromatic rings. The lowest BCUT2D eigenvalue weighted by Crippen LogP contribution is -2.45. The molecule has 1 rings (SSSR count). The van der Waals surface area contributed by atoms with E-state index in [1.165, 1.54) is 0 Å². The third kappa shape index (κ3) is 3.62. The average Bonchev–Trinajstić information content (AvgIpc) is 2.74. The number of hydrogen-bond acceptors (Lipinski definition) is 2. The molecule has 0 heterocycles. The van der Waals surface area contributed by atoms with Crippen molar-refractivity contribution >= 4 is 12.0 Å². The van der Waals surface area contributed by atoms with Gasteiger partial charge in [-0.25, -0.2) is 4.79 Å². The summed E-state index contributed by atoms with van der Waals surface area (Å²) in [6.07, 6.45) is 2.57. The second-order valence-corrected chi connectivity index (χ2v) is 5.20. The fourth-order valence-corrected chi connectivity index (χ4v) is 2.67. The fraction of sp³-hybridized carbons (Fsp3) is 0.846. The predicted octanol–water partition coefficient (Wildman–Crippen LogP) is 1.93. The van der Waals surface area contributed by atoms with Crippen molar-refractivity contribution < 1.29 is 14.7 Å². The molecular formula is C13H24N2O3. The number of rotatable bonds is 5. The third-order valence-electron chi connectivity index (χ3n) is 3.72. The van der Waals surface area contributed by atoms with Gasteiger partial charge in [-0.2, -0.15) is 0 Å². The number of aliphatic carboxylic acids is 1. The van der Waals surface area contributed by atoms with E-state index in [-0.39, 0.29) is 23.9 Å². The van der Waals surface area contributed by atoms with Gasteiger partial charge in [0.05, 0.1) is 5.92 Å². The number of carbonyl (C=O) groups excluding carboxylic acids is 1. The molecule has 1 aliphatic carbocycles. The lowest BCUT2D eigenvalue weighted by Gasteiger charge is -2.26. The normalized spacial score (nSPS) is 23.1. The first-order chi connectivity index (χ1) is 8.47. The number of carbonyl (C=O) groups is 2. The van der Waals surface area contributed by atoms with Crippen molar-refractivity contribution in [1.29, 1.82) is 0 Å². The molecule has 2 amide bonds. The molecule has 0 radical (unpaired) electrons. The third-order valence-corrected chi connectivity index (χ3v) is 3.72. The highest BCUT2D eigenvalue weighted by Gasteiger charge is 2.33. The number of amides is 2. The minimum atomic E-state index is -0.733. The SMILES string of the molecule is CCN(C(=O)NCC1CCCC1C(=O)O)C(C)C. The van der Waals surface area contributed by atoms with Crippen molar-refractivity contribution in [2.45, 2.75) is 46.1 Å². The maximum atomic E-state index is 11.9. The van der Waals surface area contributed by atoms with E-state index >= 15 is 0 Å². The molecule has 1 fully saturated rings. The Morgan fingerprint density at radius 3 is 2.56 bits per heavy atom. The molecule has 2 unspecified atom stereocenters. The Balaban J connectivity index is 2.44. The Kier molecular flexibility index (Phi) is 5.44. The molecule has 5 heteroatoms. The van der Waals surface area contributed by atoms with Gasteiger partial charge < -0.3 is 15.3 Å². The van der Waals surface area contributed by atoms with E-state index in [1.54, 1.807) is 4.90 Å². The van der Waals surface area contributed by atoms with Crippen LogP contribution in [-0.2, 0) is 4.79 Å². The Morgan fingerprint density at radius 2 is 2.06 bits per heavy atom. The van der Waals surface area contributed by atoms with Crippen LogP contribution in [0.3, 0.4) is 0 Å². The van der Waals surface area contributed by atoms with E-state index in [9.17, 15) is 9.59 Å². The van der Waals surface area contributed by atoms with Gasteiger partial charge in [0.15, 0.2) is 0 Å². The van der Waals surface area contributed by atoms with Gasteiger partial charge in [0.2, 0.25) is 0 Å². The van der Waals surface area contributed by atoms with Gasteiger partial charge in [0, 0.05) is 19.1 Å². The summed E-state index contributed by atoms with van der Waals surface area (Å²) in [6.45, 7) is 7.02. The van der Waals surface area contributed by atoms with Crippen LogP contribution in [0.1, 0.15) is 40.0 Å². The van der Waals surface area contributed by atoms with Gasteiger partial charge in [-0.3, -0.25) is 4.79 Å². The molecule has 1 aliphatic rings. The van der Waals surface area contributed by atoms with Gasteiger partial charge in [0.25, 0.3) is 0 Å². The molecule has 0 aliphatic heterocycles. The Morgan fingerprint density at radius 1 is 1.39 bits per heavy atom. The van der Waals surface area contributed by atoms with Crippen LogP contribution in [0, 0.1) is 11.8 Å². The maximum absolute atomic E-state index is 11.9. The van der Waals surface area contributed by atoms with Crippen molar-refractivity contribution in [1.82, 2.24) is 10.2 Å². The highest BCUT2D eigenvalue weighted by Crippen LogP contribution is 2.31. The quantitative estimate of drug-likeness (QED) is 0.789. The Hall–Kier alpha value is -1.26.